The number of hydrogen-bond acceptors (Lipinski definition) is 2. The lowest BCUT2D eigenvalue weighted by Gasteiger charge is -2.22. The van der Waals surface area contributed by atoms with Gasteiger partial charge in [-0.25, -0.2) is 0 Å². The summed E-state index contributed by atoms with van der Waals surface area (Å²) in [4.78, 5) is 2.19. The summed E-state index contributed by atoms with van der Waals surface area (Å²) in [6.07, 6.45) is 2.08. The Bertz CT molecular complexity index is 619. The van der Waals surface area contributed by atoms with Gasteiger partial charge in [0.1, 0.15) is 0 Å². The summed E-state index contributed by atoms with van der Waals surface area (Å²) in [5.74, 6) is 0. The first kappa shape index (κ1) is 12.7. The molecule has 0 heterocycles. The zero-order valence-corrected chi connectivity index (χ0v) is 11.7. The van der Waals surface area contributed by atoms with E-state index in [1.54, 1.807) is 0 Å². The van der Waals surface area contributed by atoms with Crippen LogP contribution in [0.2, 0.25) is 0 Å². The van der Waals surface area contributed by atoms with E-state index in [-0.39, 0.29) is 5.41 Å². The maximum atomic E-state index is 9.17. The number of anilines is 1. The van der Waals surface area contributed by atoms with Gasteiger partial charge in [0.05, 0.1) is 11.5 Å². The summed E-state index contributed by atoms with van der Waals surface area (Å²) in [6, 6.07) is 21.4. The van der Waals surface area contributed by atoms with Crippen LogP contribution in [0.15, 0.2) is 54.6 Å². The second kappa shape index (κ2) is 5.02. The molecule has 0 unspecified atom stereocenters. The normalized spacial score (nSPS) is 15.4. The van der Waals surface area contributed by atoms with Gasteiger partial charge in [-0.05, 0) is 36.1 Å². The van der Waals surface area contributed by atoms with Gasteiger partial charge >= 0.3 is 0 Å². The van der Waals surface area contributed by atoms with Crippen molar-refractivity contribution in [2.45, 2.75) is 12.8 Å². The van der Waals surface area contributed by atoms with Gasteiger partial charge in [0.15, 0.2) is 0 Å². The molecule has 1 fully saturated rings. The van der Waals surface area contributed by atoms with Crippen molar-refractivity contribution in [2.75, 3.05) is 18.5 Å². The molecular weight excluding hydrogens is 244 g/mol. The summed E-state index contributed by atoms with van der Waals surface area (Å²) in [5.41, 5.74) is 3.54. The van der Waals surface area contributed by atoms with Crippen molar-refractivity contribution in [3.63, 3.8) is 0 Å². The third-order valence-corrected chi connectivity index (χ3v) is 4.05. The van der Waals surface area contributed by atoms with Gasteiger partial charge in [-0.1, -0.05) is 42.5 Å². The molecule has 100 valence electrons. The molecule has 20 heavy (non-hydrogen) atoms. The average Bonchev–Trinajstić information content (AvgIpc) is 3.28. The Morgan fingerprint density at radius 3 is 2.15 bits per heavy atom. The average molecular weight is 262 g/mol. The van der Waals surface area contributed by atoms with Gasteiger partial charge in [-0.2, -0.15) is 5.26 Å². The van der Waals surface area contributed by atoms with Crippen LogP contribution in [-0.2, 0) is 0 Å². The molecule has 0 radical (unpaired) electrons. The summed E-state index contributed by atoms with van der Waals surface area (Å²) in [6.45, 7) is 0.828. The van der Waals surface area contributed by atoms with E-state index in [2.05, 4.69) is 66.5 Å². The fraction of sp³-hybridized carbons (Fsp3) is 0.278. The van der Waals surface area contributed by atoms with Crippen LogP contribution < -0.4 is 4.90 Å². The first-order chi connectivity index (χ1) is 9.72. The molecule has 0 bridgehead atoms. The van der Waals surface area contributed by atoms with E-state index in [1.165, 1.54) is 16.8 Å². The summed E-state index contributed by atoms with van der Waals surface area (Å²) in [7, 11) is 2.06. The van der Waals surface area contributed by atoms with Crippen LogP contribution in [0.25, 0.3) is 11.1 Å². The lowest BCUT2D eigenvalue weighted by molar-refractivity contribution is 0.653. The van der Waals surface area contributed by atoms with Crippen molar-refractivity contribution in [1.82, 2.24) is 0 Å². The molecule has 2 aromatic carbocycles. The molecule has 2 nitrogen and oxygen atoms in total. The highest BCUT2D eigenvalue weighted by Crippen LogP contribution is 2.45. The quantitative estimate of drug-likeness (QED) is 0.829. The van der Waals surface area contributed by atoms with Crippen molar-refractivity contribution >= 4 is 5.69 Å². The fourth-order valence-corrected chi connectivity index (χ4v) is 2.54. The van der Waals surface area contributed by atoms with Crippen LogP contribution in [-0.4, -0.2) is 13.6 Å². The van der Waals surface area contributed by atoms with Crippen LogP contribution in [0, 0.1) is 16.7 Å². The molecule has 0 amide bonds. The molecule has 1 aliphatic carbocycles. The van der Waals surface area contributed by atoms with Crippen molar-refractivity contribution in [3.05, 3.63) is 54.6 Å². The van der Waals surface area contributed by atoms with Crippen LogP contribution in [0.5, 0.6) is 0 Å². The minimum atomic E-state index is -0.0904. The fourth-order valence-electron chi connectivity index (χ4n) is 2.54. The second-order valence-corrected chi connectivity index (χ2v) is 5.66. The van der Waals surface area contributed by atoms with Gasteiger partial charge in [0.2, 0.25) is 0 Å². The molecule has 1 saturated carbocycles. The number of hydrogen-bond donors (Lipinski definition) is 0. The Kier molecular flexibility index (Phi) is 3.20. The molecule has 0 saturated heterocycles. The molecule has 0 N–H and O–H groups in total. The van der Waals surface area contributed by atoms with Crippen molar-refractivity contribution in [1.29, 1.82) is 5.26 Å². The molecule has 0 spiro atoms. The van der Waals surface area contributed by atoms with Gasteiger partial charge in [-0.3, -0.25) is 0 Å². The van der Waals surface area contributed by atoms with E-state index in [0.29, 0.717) is 0 Å². The lowest BCUT2D eigenvalue weighted by Crippen LogP contribution is -2.25. The largest absolute Gasteiger partial charge is 0.373 e. The maximum absolute atomic E-state index is 9.17. The molecule has 1 aliphatic rings. The maximum Gasteiger partial charge on any atom is 0.0749 e. The predicted molar refractivity (Wildman–Crippen MR) is 82.4 cm³/mol. The van der Waals surface area contributed by atoms with Gasteiger partial charge in [-0.15, -0.1) is 0 Å². The van der Waals surface area contributed by atoms with E-state index >= 15 is 0 Å². The first-order valence-electron chi connectivity index (χ1n) is 7.00. The monoisotopic (exact) mass is 262 g/mol. The third-order valence-electron chi connectivity index (χ3n) is 4.05. The van der Waals surface area contributed by atoms with E-state index < -0.39 is 0 Å². The third kappa shape index (κ3) is 2.53. The Morgan fingerprint density at radius 2 is 1.60 bits per heavy atom. The zero-order valence-electron chi connectivity index (χ0n) is 11.7. The Balaban J connectivity index is 1.75. The van der Waals surface area contributed by atoms with E-state index in [4.69, 9.17) is 5.26 Å². The predicted octanol–water partition coefficient (Wildman–Crippen LogP) is 4.09. The van der Waals surface area contributed by atoms with Gasteiger partial charge in [0.25, 0.3) is 0 Å². The van der Waals surface area contributed by atoms with Gasteiger partial charge in [0, 0.05) is 19.3 Å². The molecule has 2 aromatic rings. The SMILES string of the molecule is CN(CC1(C#N)CC1)c1ccc(-c2ccccc2)cc1. The Hall–Kier alpha value is -2.27. The van der Waals surface area contributed by atoms with Crippen LogP contribution >= 0.6 is 0 Å². The molecule has 2 heteroatoms. The van der Waals surface area contributed by atoms with Crippen LogP contribution in [0.3, 0.4) is 0 Å². The van der Waals surface area contributed by atoms with E-state index in [0.717, 1.165) is 19.4 Å². The van der Waals surface area contributed by atoms with Crippen molar-refractivity contribution in [2.24, 2.45) is 5.41 Å². The van der Waals surface area contributed by atoms with Crippen LogP contribution in [0.1, 0.15) is 12.8 Å². The van der Waals surface area contributed by atoms with E-state index in [1.807, 2.05) is 6.07 Å². The molecule has 3 rings (SSSR count). The van der Waals surface area contributed by atoms with E-state index in [9.17, 15) is 0 Å². The molecule has 0 aliphatic heterocycles. The highest BCUT2D eigenvalue weighted by atomic mass is 15.1. The van der Waals surface area contributed by atoms with Crippen molar-refractivity contribution < 1.29 is 0 Å². The zero-order chi connectivity index (χ0) is 14.0. The summed E-state index contributed by atoms with van der Waals surface area (Å²) < 4.78 is 0. The Labute approximate surface area is 120 Å². The molecular formula is C18H18N2. The number of nitriles is 1. The highest BCUT2D eigenvalue weighted by Gasteiger charge is 2.44. The summed E-state index contributed by atoms with van der Waals surface area (Å²) >= 11 is 0. The van der Waals surface area contributed by atoms with Crippen LogP contribution in [0.4, 0.5) is 5.69 Å². The van der Waals surface area contributed by atoms with Crippen molar-refractivity contribution in [3.8, 4) is 17.2 Å². The second-order valence-electron chi connectivity index (χ2n) is 5.66. The van der Waals surface area contributed by atoms with Gasteiger partial charge < -0.3 is 4.90 Å². The smallest absolute Gasteiger partial charge is 0.0749 e. The lowest BCUT2D eigenvalue weighted by atomic mass is 10.0. The molecule has 0 aromatic heterocycles. The number of rotatable bonds is 4. The Morgan fingerprint density at radius 1 is 1.00 bits per heavy atom. The number of nitrogens with zero attached hydrogens (tertiary/aromatic N) is 2. The highest BCUT2D eigenvalue weighted by molar-refractivity contribution is 5.66. The minimum absolute atomic E-state index is 0.0904. The molecule has 0 atom stereocenters. The topological polar surface area (TPSA) is 27.0 Å². The summed E-state index contributed by atoms with van der Waals surface area (Å²) in [5, 5.41) is 9.17. The minimum Gasteiger partial charge on any atom is -0.373 e. The standard InChI is InChI=1S/C18H18N2/c1-20(14-18(13-19)11-12-18)17-9-7-16(8-10-17)15-5-3-2-4-6-15/h2-10H,11-12,14H2,1H3. The first-order valence-corrected chi connectivity index (χ1v) is 7.00. The number of benzene rings is 2.